The number of fused-ring (bicyclic) bond motifs is 1. The summed E-state index contributed by atoms with van der Waals surface area (Å²) in [5, 5.41) is 4.77. The Hall–Kier alpha value is -4.62. The maximum absolute atomic E-state index is 13.7. The number of ether oxygens (including phenoxy) is 2. The van der Waals surface area contributed by atoms with Crippen LogP contribution in [0.5, 0.6) is 11.5 Å². The van der Waals surface area contributed by atoms with Gasteiger partial charge in [-0.3, -0.25) is 14.9 Å². The van der Waals surface area contributed by atoms with Crippen LogP contribution in [0, 0.1) is 17.8 Å². The smallest absolute Gasteiger partial charge is 0.335 e. The molecule has 4 aromatic carbocycles. The fourth-order valence-electron chi connectivity index (χ4n) is 9.02. The number of rotatable bonds is 7. The number of barbiturate groups is 1. The van der Waals surface area contributed by atoms with Crippen molar-refractivity contribution in [2.24, 2.45) is 17.8 Å². The summed E-state index contributed by atoms with van der Waals surface area (Å²) in [7, 11) is 1.50. The van der Waals surface area contributed by atoms with Crippen molar-refractivity contribution < 1.29 is 23.9 Å². The quantitative estimate of drug-likeness (QED) is 0.162. The van der Waals surface area contributed by atoms with Gasteiger partial charge in [0.15, 0.2) is 11.5 Å². The van der Waals surface area contributed by atoms with Gasteiger partial charge in [0, 0.05) is 0 Å². The third-order valence-corrected chi connectivity index (χ3v) is 11.0. The van der Waals surface area contributed by atoms with Crippen LogP contribution in [0.4, 0.5) is 10.5 Å². The number of hydrogen-bond acceptors (Lipinski definition) is 5. The van der Waals surface area contributed by atoms with Gasteiger partial charge in [-0.25, -0.2) is 9.69 Å². The van der Waals surface area contributed by atoms with Crippen molar-refractivity contribution in [1.29, 1.82) is 0 Å². The summed E-state index contributed by atoms with van der Waals surface area (Å²) in [6, 6.07) is 24.4. The number of benzene rings is 4. The number of amides is 4. The minimum absolute atomic E-state index is 0.183. The molecule has 5 aliphatic rings. The summed E-state index contributed by atoms with van der Waals surface area (Å²) in [5.74, 6) is 1.66. The second-order valence-electron chi connectivity index (χ2n) is 13.7. The second-order valence-corrected chi connectivity index (χ2v) is 14.1. The Labute approximate surface area is 278 Å². The van der Waals surface area contributed by atoms with Crippen molar-refractivity contribution in [2.75, 3.05) is 12.0 Å². The molecule has 5 fully saturated rings. The molecule has 7 nitrogen and oxygen atoms in total. The molecule has 1 aliphatic heterocycles. The van der Waals surface area contributed by atoms with Crippen LogP contribution in [0.15, 0.2) is 84.4 Å². The summed E-state index contributed by atoms with van der Waals surface area (Å²) in [4.78, 5) is 40.7. The molecule has 9 rings (SSSR count). The molecule has 238 valence electrons. The van der Waals surface area contributed by atoms with Crippen LogP contribution in [0.25, 0.3) is 16.8 Å². The van der Waals surface area contributed by atoms with E-state index >= 15 is 0 Å². The van der Waals surface area contributed by atoms with Gasteiger partial charge in [-0.1, -0.05) is 66.2 Å². The number of urea groups is 1. The van der Waals surface area contributed by atoms with E-state index in [2.05, 4.69) is 17.4 Å². The molecule has 4 aromatic rings. The van der Waals surface area contributed by atoms with E-state index in [1.165, 1.54) is 57.3 Å². The van der Waals surface area contributed by atoms with E-state index in [0.29, 0.717) is 22.7 Å². The van der Waals surface area contributed by atoms with Crippen LogP contribution >= 0.6 is 11.6 Å². The summed E-state index contributed by atoms with van der Waals surface area (Å²) in [5.41, 5.74) is 3.18. The first-order chi connectivity index (χ1) is 22.8. The van der Waals surface area contributed by atoms with Crippen molar-refractivity contribution >= 4 is 52.0 Å². The first-order valence-corrected chi connectivity index (χ1v) is 16.7. The molecule has 1 saturated heterocycles. The van der Waals surface area contributed by atoms with Gasteiger partial charge in [-0.2, -0.15) is 0 Å². The highest BCUT2D eigenvalue weighted by Crippen LogP contribution is 2.60. The number of halogens is 1. The Morgan fingerprint density at radius 3 is 2.28 bits per heavy atom. The van der Waals surface area contributed by atoms with Gasteiger partial charge >= 0.3 is 6.03 Å². The Kier molecular flexibility index (Phi) is 7.32. The van der Waals surface area contributed by atoms with E-state index in [4.69, 9.17) is 21.1 Å². The number of hydrogen-bond donors (Lipinski definition) is 1. The van der Waals surface area contributed by atoms with Gasteiger partial charge < -0.3 is 9.47 Å². The molecular weight excluding hydrogens is 612 g/mol. The van der Waals surface area contributed by atoms with Gasteiger partial charge in [-0.05, 0) is 119 Å². The lowest BCUT2D eigenvalue weighted by atomic mass is 9.48. The van der Waals surface area contributed by atoms with Crippen molar-refractivity contribution in [2.45, 2.75) is 50.5 Å². The van der Waals surface area contributed by atoms with Crippen LogP contribution in [-0.4, -0.2) is 25.0 Å². The fraction of sp³-hybridized carbons (Fsp3) is 0.308. The van der Waals surface area contributed by atoms with Gasteiger partial charge in [0.25, 0.3) is 11.8 Å². The molecule has 0 aromatic heterocycles. The first kappa shape index (κ1) is 29.8. The van der Waals surface area contributed by atoms with Crippen molar-refractivity contribution in [3.63, 3.8) is 0 Å². The van der Waals surface area contributed by atoms with Crippen molar-refractivity contribution in [1.82, 2.24) is 5.32 Å². The average molecular weight is 647 g/mol. The van der Waals surface area contributed by atoms with E-state index in [0.717, 1.165) is 39.0 Å². The van der Waals surface area contributed by atoms with Crippen molar-refractivity contribution in [3.05, 3.63) is 106 Å². The van der Waals surface area contributed by atoms with Gasteiger partial charge in [0.05, 0.1) is 17.8 Å². The predicted molar refractivity (Wildman–Crippen MR) is 182 cm³/mol. The molecule has 1 heterocycles. The summed E-state index contributed by atoms with van der Waals surface area (Å²) in [6.07, 6.45) is 9.18. The lowest BCUT2D eigenvalue weighted by molar-refractivity contribution is -0.122. The molecule has 0 spiro atoms. The fourth-order valence-corrected chi connectivity index (χ4v) is 9.29. The van der Waals surface area contributed by atoms with Crippen molar-refractivity contribution in [3.8, 4) is 11.5 Å². The van der Waals surface area contributed by atoms with Crippen LogP contribution in [-0.2, 0) is 21.6 Å². The number of methoxy groups -OCH3 is 1. The predicted octanol–water partition coefficient (Wildman–Crippen LogP) is 8.22. The molecule has 4 amide bonds. The molecule has 4 aliphatic carbocycles. The zero-order chi connectivity index (χ0) is 32.3. The number of nitrogens with zero attached hydrogens (tertiary/aromatic N) is 1. The number of anilines is 1. The molecule has 1 N–H and O–H groups in total. The van der Waals surface area contributed by atoms with Gasteiger partial charge in [-0.15, -0.1) is 0 Å². The molecule has 47 heavy (non-hydrogen) atoms. The lowest BCUT2D eigenvalue weighted by Crippen LogP contribution is -2.54. The lowest BCUT2D eigenvalue weighted by Gasteiger charge is -2.57. The topological polar surface area (TPSA) is 84.9 Å². The monoisotopic (exact) mass is 646 g/mol. The maximum Gasteiger partial charge on any atom is 0.335 e. The normalized spacial score (nSPS) is 25.8. The van der Waals surface area contributed by atoms with E-state index < -0.39 is 17.8 Å². The van der Waals surface area contributed by atoms with E-state index in [1.807, 2.05) is 54.6 Å². The molecule has 8 heteroatoms. The van der Waals surface area contributed by atoms with Crippen LogP contribution in [0.2, 0.25) is 5.02 Å². The summed E-state index contributed by atoms with van der Waals surface area (Å²) >= 11 is 6.68. The third-order valence-electron chi connectivity index (χ3n) is 10.7. The Morgan fingerprint density at radius 1 is 0.894 bits per heavy atom. The second kappa shape index (κ2) is 11.6. The maximum atomic E-state index is 13.7. The SMILES string of the molecule is COc1cc(/C=C2\C(=O)NC(=O)N(c3ccc(C45CC6CC(CC(C6)C4)C5)cc3)C2=O)cc(Cl)c1OCc1cccc2ccccc12. The highest BCUT2D eigenvalue weighted by Gasteiger charge is 2.51. The third kappa shape index (κ3) is 5.27. The zero-order valence-corrected chi connectivity index (χ0v) is 26.9. The Bertz CT molecular complexity index is 1930. The minimum atomic E-state index is -0.771. The largest absolute Gasteiger partial charge is 0.493 e. The number of carbonyl (C=O) groups excluding carboxylic acids is 3. The van der Waals surface area contributed by atoms with Crippen LogP contribution in [0.3, 0.4) is 0 Å². The molecule has 4 bridgehead atoms. The number of carbonyl (C=O) groups is 3. The Balaban J connectivity index is 1.04. The standard InChI is InChI=1S/C39H35ClN2O5/c1-46-34-18-23(17-33(40)35(34)47-22-28-7-4-6-27-5-2-3-8-31(27)28)16-32-36(43)41-38(45)42(37(32)44)30-11-9-29(10-12-30)39-19-24-13-25(20-39)15-26(14-24)21-39/h2-12,16-18,24-26H,13-15,19-22H2,1H3,(H,41,43,45)/b32-16+. The molecule has 0 unspecified atom stereocenters. The first-order valence-electron chi connectivity index (χ1n) is 16.3. The molecule has 4 saturated carbocycles. The Morgan fingerprint density at radius 2 is 1.57 bits per heavy atom. The number of nitrogens with one attached hydrogen (secondary N) is 1. The summed E-state index contributed by atoms with van der Waals surface area (Å²) < 4.78 is 11.7. The van der Waals surface area contributed by atoms with E-state index in [9.17, 15) is 14.4 Å². The van der Waals surface area contributed by atoms with E-state index in [-0.39, 0.29) is 22.6 Å². The highest BCUT2D eigenvalue weighted by atomic mass is 35.5. The van der Waals surface area contributed by atoms with Crippen LogP contribution < -0.4 is 19.7 Å². The summed E-state index contributed by atoms with van der Waals surface area (Å²) in [6.45, 7) is 0.261. The van der Waals surface area contributed by atoms with Gasteiger partial charge in [0.1, 0.15) is 12.2 Å². The molecule has 0 atom stereocenters. The van der Waals surface area contributed by atoms with Crippen LogP contribution in [0.1, 0.15) is 55.2 Å². The highest BCUT2D eigenvalue weighted by molar-refractivity contribution is 6.39. The zero-order valence-electron chi connectivity index (χ0n) is 26.1. The minimum Gasteiger partial charge on any atom is -0.493 e. The average Bonchev–Trinajstić information content (AvgIpc) is 3.05. The number of imide groups is 2. The van der Waals surface area contributed by atoms with Gasteiger partial charge in [0.2, 0.25) is 0 Å². The molecular formula is C39H35ClN2O5. The molecule has 0 radical (unpaired) electrons. The van der Waals surface area contributed by atoms with E-state index in [1.54, 1.807) is 12.1 Å².